The zero-order valence-corrected chi connectivity index (χ0v) is 10.2. The molecule has 6 heteroatoms. The number of aromatic amines is 1. The highest BCUT2D eigenvalue weighted by molar-refractivity contribution is 7.07. The third kappa shape index (κ3) is 2.10. The van der Waals surface area contributed by atoms with E-state index in [1.165, 1.54) is 11.3 Å². The number of aromatic nitrogens is 3. The van der Waals surface area contributed by atoms with Crippen LogP contribution >= 0.6 is 11.3 Å². The number of nitrogens with one attached hydrogen (secondary N) is 2. The van der Waals surface area contributed by atoms with Gasteiger partial charge in [0.2, 0.25) is 5.91 Å². The zero-order chi connectivity index (χ0) is 12.4. The number of hydrogen-bond donors (Lipinski definition) is 2. The van der Waals surface area contributed by atoms with Gasteiger partial charge in [0, 0.05) is 10.8 Å². The van der Waals surface area contributed by atoms with Crippen LogP contribution in [0.2, 0.25) is 0 Å². The van der Waals surface area contributed by atoms with Crippen molar-refractivity contribution in [2.24, 2.45) is 0 Å². The first-order valence-electron chi connectivity index (χ1n) is 5.43. The summed E-state index contributed by atoms with van der Waals surface area (Å²) in [6, 6.07) is 7.66. The summed E-state index contributed by atoms with van der Waals surface area (Å²) < 4.78 is 0. The van der Waals surface area contributed by atoms with E-state index in [9.17, 15) is 4.79 Å². The van der Waals surface area contributed by atoms with Gasteiger partial charge >= 0.3 is 0 Å². The standard InChI is InChI=1S/C12H10N4OS/c17-11(5-8-6-18-7-13-8)14-12-9-3-1-2-4-10(9)15-16-12/h1-4,6-7H,5H2,(H2,14,15,16,17). The SMILES string of the molecule is O=C(Cc1cscn1)Nc1n[nH]c2ccccc12. The first-order chi connectivity index (χ1) is 8.83. The highest BCUT2D eigenvalue weighted by Crippen LogP contribution is 2.19. The number of carbonyl (C=O) groups is 1. The predicted molar refractivity (Wildman–Crippen MR) is 70.5 cm³/mol. The fraction of sp³-hybridized carbons (Fsp3) is 0.0833. The van der Waals surface area contributed by atoms with Crippen molar-refractivity contribution < 1.29 is 4.79 Å². The molecule has 0 spiro atoms. The Morgan fingerprint density at radius 1 is 1.39 bits per heavy atom. The van der Waals surface area contributed by atoms with Gasteiger partial charge in [0.1, 0.15) is 0 Å². The molecule has 2 N–H and O–H groups in total. The Hall–Kier alpha value is -2.21. The van der Waals surface area contributed by atoms with Crippen molar-refractivity contribution in [3.05, 3.63) is 40.8 Å². The van der Waals surface area contributed by atoms with Crippen LogP contribution in [0, 0.1) is 0 Å². The van der Waals surface area contributed by atoms with Gasteiger partial charge in [-0.3, -0.25) is 9.89 Å². The van der Waals surface area contributed by atoms with Gasteiger partial charge in [-0.15, -0.1) is 11.3 Å². The zero-order valence-electron chi connectivity index (χ0n) is 9.38. The van der Waals surface area contributed by atoms with Crippen molar-refractivity contribution >= 4 is 34.0 Å². The number of hydrogen-bond acceptors (Lipinski definition) is 4. The second-order valence-electron chi connectivity index (χ2n) is 3.82. The van der Waals surface area contributed by atoms with Crippen LogP contribution in [-0.4, -0.2) is 21.1 Å². The van der Waals surface area contributed by atoms with Gasteiger partial charge in [0.25, 0.3) is 0 Å². The first-order valence-corrected chi connectivity index (χ1v) is 6.37. The Balaban J connectivity index is 1.78. The minimum absolute atomic E-state index is 0.113. The number of para-hydroxylation sites is 1. The van der Waals surface area contributed by atoms with E-state index in [-0.39, 0.29) is 12.3 Å². The van der Waals surface area contributed by atoms with Gasteiger partial charge in [0.15, 0.2) is 5.82 Å². The highest BCUT2D eigenvalue weighted by Gasteiger charge is 2.10. The molecule has 0 aliphatic carbocycles. The number of carbonyl (C=O) groups excluding carboxylic acids is 1. The molecular weight excluding hydrogens is 248 g/mol. The summed E-state index contributed by atoms with van der Waals surface area (Å²) in [6.07, 6.45) is 0.269. The molecule has 2 aromatic heterocycles. The van der Waals surface area contributed by atoms with Crippen LogP contribution in [0.5, 0.6) is 0 Å². The second kappa shape index (κ2) is 4.58. The summed E-state index contributed by atoms with van der Waals surface area (Å²) in [5.41, 5.74) is 3.39. The van der Waals surface area contributed by atoms with Crippen LogP contribution in [0.15, 0.2) is 35.2 Å². The molecule has 18 heavy (non-hydrogen) atoms. The monoisotopic (exact) mass is 258 g/mol. The third-order valence-electron chi connectivity index (χ3n) is 2.55. The van der Waals surface area contributed by atoms with E-state index < -0.39 is 0 Å². The van der Waals surface area contributed by atoms with Gasteiger partial charge in [-0.25, -0.2) is 4.98 Å². The van der Waals surface area contributed by atoms with Gasteiger partial charge < -0.3 is 5.32 Å². The van der Waals surface area contributed by atoms with E-state index in [1.807, 2.05) is 29.6 Å². The molecule has 0 saturated heterocycles. The molecule has 0 saturated carbocycles. The van der Waals surface area contributed by atoms with Crippen molar-refractivity contribution in [3.8, 4) is 0 Å². The molecule has 0 fully saturated rings. The molecule has 5 nitrogen and oxygen atoms in total. The molecule has 90 valence electrons. The van der Waals surface area contributed by atoms with Crippen LogP contribution in [0.3, 0.4) is 0 Å². The topological polar surface area (TPSA) is 70.7 Å². The summed E-state index contributed by atoms with van der Waals surface area (Å²) in [7, 11) is 0. The summed E-state index contributed by atoms with van der Waals surface area (Å²) >= 11 is 1.48. The Kier molecular flexibility index (Phi) is 2.77. The average molecular weight is 258 g/mol. The summed E-state index contributed by atoms with van der Waals surface area (Å²) in [4.78, 5) is 15.9. The number of nitrogens with zero attached hydrogens (tertiary/aromatic N) is 2. The number of fused-ring (bicyclic) bond motifs is 1. The lowest BCUT2D eigenvalue weighted by Gasteiger charge is -2.00. The Morgan fingerprint density at radius 2 is 2.28 bits per heavy atom. The van der Waals surface area contributed by atoms with Gasteiger partial charge in [-0.2, -0.15) is 5.10 Å². The Labute approximate surface area is 107 Å². The molecule has 0 bridgehead atoms. The number of H-pyrrole nitrogens is 1. The van der Waals surface area contributed by atoms with E-state index in [4.69, 9.17) is 0 Å². The summed E-state index contributed by atoms with van der Waals surface area (Å²) in [6.45, 7) is 0. The lowest BCUT2D eigenvalue weighted by molar-refractivity contribution is -0.115. The molecule has 3 aromatic rings. The maximum atomic E-state index is 11.8. The van der Waals surface area contributed by atoms with E-state index >= 15 is 0 Å². The molecule has 0 unspecified atom stereocenters. The largest absolute Gasteiger partial charge is 0.308 e. The molecular formula is C12H10N4OS. The molecule has 0 atom stereocenters. The predicted octanol–water partition coefficient (Wildman–Crippen LogP) is 2.20. The Morgan fingerprint density at radius 3 is 3.11 bits per heavy atom. The highest BCUT2D eigenvalue weighted by atomic mass is 32.1. The van der Waals surface area contributed by atoms with Crippen molar-refractivity contribution in [1.29, 1.82) is 0 Å². The van der Waals surface area contributed by atoms with Gasteiger partial charge in [0.05, 0.1) is 23.1 Å². The van der Waals surface area contributed by atoms with Gasteiger partial charge in [-0.1, -0.05) is 12.1 Å². The number of rotatable bonds is 3. The van der Waals surface area contributed by atoms with Crippen LogP contribution in [-0.2, 0) is 11.2 Å². The van der Waals surface area contributed by atoms with Crippen LogP contribution < -0.4 is 5.32 Å². The fourth-order valence-electron chi connectivity index (χ4n) is 1.72. The van der Waals surface area contributed by atoms with E-state index in [0.717, 1.165) is 16.6 Å². The van der Waals surface area contributed by atoms with Crippen molar-refractivity contribution in [2.75, 3.05) is 5.32 Å². The minimum Gasteiger partial charge on any atom is -0.308 e. The Bertz CT molecular complexity index is 674. The van der Waals surface area contributed by atoms with Crippen molar-refractivity contribution in [1.82, 2.24) is 15.2 Å². The normalized spacial score (nSPS) is 10.7. The van der Waals surface area contributed by atoms with Crippen LogP contribution in [0.4, 0.5) is 5.82 Å². The van der Waals surface area contributed by atoms with Gasteiger partial charge in [-0.05, 0) is 12.1 Å². The molecule has 1 aromatic carbocycles. The second-order valence-corrected chi connectivity index (χ2v) is 4.54. The van der Waals surface area contributed by atoms with E-state index in [1.54, 1.807) is 5.51 Å². The molecule has 1 amide bonds. The minimum atomic E-state index is -0.113. The maximum absolute atomic E-state index is 11.8. The third-order valence-corrected chi connectivity index (χ3v) is 3.19. The summed E-state index contributed by atoms with van der Waals surface area (Å²) in [5, 5.41) is 12.5. The van der Waals surface area contributed by atoms with Crippen molar-refractivity contribution in [2.45, 2.75) is 6.42 Å². The lowest BCUT2D eigenvalue weighted by atomic mass is 10.2. The van der Waals surface area contributed by atoms with Crippen LogP contribution in [0.25, 0.3) is 10.9 Å². The fourth-order valence-corrected chi connectivity index (χ4v) is 2.28. The van der Waals surface area contributed by atoms with E-state index in [0.29, 0.717) is 5.82 Å². The summed E-state index contributed by atoms with van der Waals surface area (Å²) in [5.74, 6) is 0.448. The number of amides is 1. The number of thiazole rings is 1. The lowest BCUT2D eigenvalue weighted by Crippen LogP contribution is -2.15. The molecule has 0 aliphatic rings. The maximum Gasteiger partial charge on any atom is 0.231 e. The van der Waals surface area contributed by atoms with E-state index in [2.05, 4.69) is 20.5 Å². The quantitative estimate of drug-likeness (QED) is 0.756. The molecule has 0 radical (unpaired) electrons. The number of anilines is 1. The number of benzene rings is 1. The molecule has 2 heterocycles. The van der Waals surface area contributed by atoms with Crippen molar-refractivity contribution in [3.63, 3.8) is 0 Å². The van der Waals surface area contributed by atoms with Crippen LogP contribution in [0.1, 0.15) is 5.69 Å². The molecule has 0 aliphatic heterocycles. The first kappa shape index (κ1) is 10.9. The molecule has 3 rings (SSSR count). The smallest absolute Gasteiger partial charge is 0.231 e. The average Bonchev–Trinajstić information content (AvgIpc) is 3.00.